The summed E-state index contributed by atoms with van der Waals surface area (Å²) in [4.78, 5) is 57.4. The molecule has 3 fully saturated rings. The summed E-state index contributed by atoms with van der Waals surface area (Å²) >= 11 is 0. The summed E-state index contributed by atoms with van der Waals surface area (Å²) in [5, 5.41) is 2.35. The van der Waals surface area contributed by atoms with Crippen LogP contribution in [0.5, 0.6) is 0 Å². The number of imide groups is 1. The van der Waals surface area contributed by atoms with E-state index in [0.717, 1.165) is 56.2 Å². The van der Waals surface area contributed by atoms with E-state index in [9.17, 15) is 19.2 Å². The maximum absolute atomic E-state index is 13.0. The van der Waals surface area contributed by atoms with Gasteiger partial charge in [0.15, 0.2) is 0 Å². The minimum atomic E-state index is -0.591. The molecule has 0 spiro atoms. The summed E-state index contributed by atoms with van der Waals surface area (Å²) in [6.07, 6.45) is 0.626. The zero-order chi connectivity index (χ0) is 27.3. The van der Waals surface area contributed by atoms with Gasteiger partial charge in [-0.1, -0.05) is 12.1 Å². The van der Waals surface area contributed by atoms with Crippen LogP contribution in [0.2, 0.25) is 0 Å². The topological polar surface area (TPSA) is 119 Å². The van der Waals surface area contributed by atoms with Crippen molar-refractivity contribution in [2.45, 2.75) is 38.4 Å². The van der Waals surface area contributed by atoms with Crippen LogP contribution in [0.1, 0.15) is 46.0 Å². The van der Waals surface area contributed by atoms with Crippen molar-refractivity contribution in [2.24, 2.45) is 11.7 Å². The Bertz CT molecular complexity index is 1340. The van der Waals surface area contributed by atoms with E-state index in [1.165, 1.54) is 0 Å². The Morgan fingerprint density at radius 2 is 1.82 bits per heavy atom. The number of benzene rings is 2. The minimum Gasteiger partial charge on any atom is -0.371 e. The molecule has 2 aromatic carbocycles. The number of primary amides is 1. The van der Waals surface area contributed by atoms with Crippen molar-refractivity contribution in [3.05, 3.63) is 59.2 Å². The summed E-state index contributed by atoms with van der Waals surface area (Å²) < 4.78 is 0. The molecule has 204 valence electrons. The molecule has 4 heterocycles. The minimum absolute atomic E-state index is 0.140. The third-order valence-electron chi connectivity index (χ3n) is 8.54. The Labute approximate surface area is 227 Å². The van der Waals surface area contributed by atoms with E-state index < -0.39 is 11.9 Å². The first kappa shape index (κ1) is 25.4. The summed E-state index contributed by atoms with van der Waals surface area (Å²) in [6, 6.07) is 13.2. The number of para-hydroxylation sites is 1. The summed E-state index contributed by atoms with van der Waals surface area (Å²) in [5.74, 6) is -0.629. The SMILES string of the molecule is C[C@H]1CN(CC2CN(c3ccc4c(c3)CN(C3CCC(=O)NC3=O)C4=O)C2)CCN1c1ccccc1C(N)=O. The van der Waals surface area contributed by atoms with E-state index in [1.54, 1.807) is 11.0 Å². The molecule has 0 bridgehead atoms. The molecular weight excluding hydrogens is 496 g/mol. The molecule has 10 heteroatoms. The lowest BCUT2D eigenvalue weighted by Gasteiger charge is -2.47. The molecule has 4 aliphatic heterocycles. The van der Waals surface area contributed by atoms with Gasteiger partial charge in [-0.3, -0.25) is 29.4 Å². The van der Waals surface area contributed by atoms with Gasteiger partial charge in [0.05, 0.1) is 5.56 Å². The molecule has 3 saturated heterocycles. The Balaban J connectivity index is 1.03. The van der Waals surface area contributed by atoms with Gasteiger partial charge < -0.3 is 20.4 Å². The van der Waals surface area contributed by atoms with Crippen molar-refractivity contribution in [3.8, 4) is 0 Å². The van der Waals surface area contributed by atoms with E-state index in [1.807, 2.05) is 30.3 Å². The zero-order valence-corrected chi connectivity index (χ0v) is 22.1. The van der Waals surface area contributed by atoms with Gasteiger partial charge in [0.2, 0.25) is 11.8 Å². The quantitative estimate of drug-likeness (QED) is 0.539. The summed E-state index contributed by atoms with van der Waals surface area (Å²) in [7, 11) is 0. The monoisotopic (exact) mass is 530 g/mol. The molecular formula is C29H34N6O4. The van der Waals surface area contributed by atoms with E-state index in [2.05, 4.69) is 33.0 Å². The highest BCUT2D eigenvalue weighted by Gasteiger charge is 2.40. The average molecular weight is 531 g/mol. The zero-order valence-electron chi connectivity index (χ0n) is 22.1. The maximum Gasteiger partial charge on any atom is 0.255 e. The second-order valence-corrected chi connectivity index (χ2v) is 11.2. The second-order valence-electron chi connectivity index (χ2n) is 11.2. The summed E-state index contributed by atoms with van der Waals surface area (Å²) in [5.41, 5.74) is 9.78. The number of piperazine rings is 1. The van der Waals surface area contributed by atoms with Gasteiger partial charge in [-0.25, -0.2) is 0 Å². The molecule has 0 radical (unpaired) electrons. The van der Waals surface area contributed by atoms with Gasteiger partial charge >= 0.3 is 0 Å². The van der Waals surface area contributed by atoms with Crippen LogP contribution in [-0.2, 0) is 16.1 Å². The number of nitrogens with zero attached hydrogens (tertiary/aromatic N) is 4. The number of fused-ring (bicyclic) bond motifs is 1. The van der Waals surface area contributed by atoms with Gasteiger partial charge in [0, 0.05) is 81.1 Å². The molecule has 10 nitrogen and oxygen atoms in total. The molecule has 0 aliphatic carbocycles. The lowest BCUT2D eigenvalue weighted by atomic mass is 9.96. The number of hydrogen-bond acceptors (Lipinski definition) is 7. The molecule has 4 amide bonds. The molecule has 2 atom stereocenters. The number of nitrogens with two attached hydrogens (primary N) is 1. The van der Waals surface area contributed by atoms with Crippen LogP contribution >= 0.6 is 0 Å². The number of rotatable bonds is 6. The first-order valence-corrected chi connectivity index (χ1v) is 13.7. The number of nitrogens with one attached hydrogen (secondary N) is 1. The van der Waals surface area contributed by atoms with Crippen molar-refractivity contribution in [3.63, 3.8) is 0 Å². The lowest BCUT2D eigenvalue weighted by Crippen LogP contribution is -2.57. The smallest absolute Gasteiger partial charge is 0.255 e. The molecule has 39 heavy (non-hydrogen) atoms. The Kier molecular flexibility index (Phi) is 6.50. The van der Waals surface area contributed by atoms with Crippen molar-refractivity contribution in [2.75, 3.05) is 49.1 Å². The third-order valence-corrected chi connectivity index (χ3v) is 8.54. The van der Waals surface area contributed by atoms with Gasteiger partial charge in [0.25, 0.3) is 11.8 Å². The van der Waals surface area contributed by atoms with Crippen LogP contribution in [-0.4, -0.2) is 84.8 Å². The first-order chi connectivity index (χ1) is 18.8. The maximum atomic E-state index is 13.0. The first-order valence-electron chi connectivity index (χ1n) is 13.7. The number of piperidine rings is 1. The highest BCUT2D eigenvalue weighted by atomic mass is 16.2. The van der Waals surface area contributed by atoms with E-state index in [-0.39, 0.29) is 30.2 Å². The van der Waals surface area contributed by atoms with Crippen molar-refractivity contribution >= 4 is 35.0 Å². The fraction of sp³-hybridized carbons (Fsp3) is 0.448. The van der Waals surface area contributed by atoms with Gasteiger partial charge in [-0.2, -0.15) is 0 Å². The normalized spacial score (nSPS) is 24.0. The summed E-state index contributed by atoms with van der Waals surface area (Å²) in [6.45, 7) is 8.26. The van der Waals surface area contributed by atoms with Crippen LogP contribution in [0.25, 0.3) is 0 Å². The Morgan fingerprint density at radius 3 is 2.56 bits per heavy atom. The number of amides is 4. The van der Waals surface area contributed by atoms with Crippen LogP contribution in [0, 0.1) is 5.92 Å². The van der Waals surface area contributed by atoms with Crippen LogP contribution < -0.4 is 20.9 Å². The fourth-order valence-electron chi connectivity index (χ4n) is 6.51. The second kappa shape index (κ2) is 10.00. The van der Waals surface area contributed by atoms with Crippen molar-refractivity contribution in [1.29, 1.82) is 0 Å². The molecule has 0 aromatic heterocycles. The number of carbonyl (C=O) groups is 4. The van der Waals surface area contributed by atoms with E-state index >= 15 is 0 Å². The molecule has 3 N–H and O–H groups in total. The third kappa shape index (κ3) is 4.73. The average Bonchev–Trinajstić information content (AvgIpc) is 3.21. The van der Waals surface area contributed by atoms with Gasteiger partial charge in [-0.15, -0.1) is 0 Å². The molecule has 4 aliphatic rings. The van der Waals surface area contributed by atoms with Gasteiger partial charge in [-0.05, 0) is 49.2 Å². The Morgan fingerprint density at radius 1 is 1.03 bits per heavy atom. The lowest BCUT2D eigenvalue weighted by molar-refractivity contribution is -0.136. The molecule has 2 aromatic rings. The van der Waals surface area contributed by atoms with Crippen molar-refractivity contribution in [1.82, 2.24) is 15.1 Å². The van der Waals surface area contributed by atoms with Crippen molar-refractivity contribution < 1.29 is 19.2 Å². The van der Waals surface area contributed by atoms with Crippen LogP contribution in [0.15, 0.2) is 42.5 Å². The van der Waals surface area contributed by atoms with E-state index in [0.29, 0.717) is 30.0 Å². The largest absolute Gasteiger partial charge is 0.371 e. The molecule has 1 unspecified atom stereocenters. The highest BCUT2D eigenvalue weighted by Crippen LogP contribution is 2.33. The van der Waals surface area contributed by atoms with Crippen LogP contribution in [0.4, 0.5) is 11.4 Å². The number of hydrogen-bond donors (Lipinski definition) is 2. The van der Waals surface area contributed by atoms with E-state index in [4.69, 9.17) is 5.73 Å². The number of carbonyl (C=O) groups excluding carboxylic acids is 4. The predicted octanol–water partition coefficient (Wildman–Crippen LogP) is 1.19. The van der Waals surface area contributed by atoms with Gasteiger partial charge in [0.1, 0.15) is 6.04 Å². The fourth-order valence-corrected chi connectivity index (χ4v) is 6.51. The molecule has 6 rings (SSSR count). The molecule has 0 saturated carbocycles. The number of anilines is 2. The predicted molar refractivity (Wildman–Crippen MR) is 146 cm³/mol. The Hall–Kier alpha value is -3.92. The standard InChI is InChI=1S/C29H34N6O4/c1-18-13-32(10-11-34(18)24-5-3-2-4-23(24)27(30)37)14-19-15-33(16-19)21-6-7-22-20(12-21)17-35(29(22)39)25-8-9-26(36)31-28(25)38/h2-7,12,18-19,25H,8-11,13-17H2,1H3,(H2,30,37)(H,31,36,38)/t18-,25?/m0/s1. The van der Waals surface area contributed by atoms with Crippen LogP contribution in [0.3, 0.4) is 0 Å². The highest BCUT2D eigenvalue weighted by molar-refractivity contribution is 6.05.